The van der Waals surface area contributed by atoms with E-state index < -0.39 is 38.2 Å². The third kappa shape index (κ3) is 1.00. The molecule has 0 N–H and O–H groups in total. The van der Waals surface area contributed by atoms with Crippen LogP contribution in [-0.2, 0) is 0 Å². The molecule has 0 amide bonds. The summed E-state index contributed by atoms with van der Waals surface area (Å²) in [4.78, 5) is 0. The SMILES string of the molecule is [2H]C1([2H])C([2H])([2H])C([2H])([2H])C([2H])([3H])C([2H])([2H])C1([2H])[2H]. The van der Waals surface area contributed by atoms with E-state index in [0.717, 1.165) is 0 Å². The highest BCUT2D eigenvalue weighted by atomic mass is 14.0. The van der Waals surface area contributed by atoms with Crippen molar-refractivity contribution in [2.24, 2.45) is 0 Å². The Hall–Kier alpha value is 0. The molecule has 0 heterocycles. The van der Waals surface area contributed by atoms with E-state index in [1.807, 2.05) is 0 Å². The van der Waals surface area contributed by atoms with Crippen molar-refractivity contribution in [2.45, 2.75) is 38.2 Å². The molecule has 1 rings (SSSR count). The molecule has 1 saturated carbocycles. The van der Waals surface area contributed by atoms with Gasteiger partial charge in [-0.25, -0.2) is 0 Å². The third-order valence-electron chi connectivity index (χ3n) is 0.375. The minimum Gasteiger partial charge on any atom is -0.0533 e. The van der Waals surface area contributed by atoms with Gasteiger partial charge < -0.3 is 0 Å². The van der Waals surface area contributed by atoms with E-state index in [9.17, 15) is 0 Å². The molecule has 0 spiro atoms. The highest BCUT2D eigenvalue weighted by Crippen LogP contribution is 2.15. The lowest BCUT2D eigenvalue weighted by molar-refractivity contribution is 0.504. The minimum atomic E-state index is -3.53. The Morgan fingerprint density at radius 3 is 2.33 bits per heavy atom. The van der Waals surface area contributed by atoms with Gasteiger partial charge in [0.15, 0.2) is 0 Å². The minimum absolute atomic E-state index is 3.53. The molecule has 1 aliphatic carbocycles. The van der Waals surface area contributed by atoms with Crippen LogP contribution in [0.25, 0.3) is 0 Å². The van der Waals surface area contributed by atoms with Crippen LogP contribution < -0.4 is 0 Å². The fourth-order valence-corrected chi connectivity index (χ4v) is 0.188. The summed E-state index contributed by atoms with van der Waals surface area (Å²) in [5.41, 5.74) is 0. The fraction of sp³-hybridized carbons (Fsp3) is 1.00. The van der Waals surface area contributed by atoms with Gasteiger partial charge in [-0.05, 0) is 0 Å². The summed E-state index contributed by atoms with van der Waals surface area (Å²) in [7, 11) is 0. The van der Waals surface area contributed by atoms with Crippen LogP contribution in [0.1, 0.15) is 54.7 Å². The lowest BCUT2D eigenvalue weighted by Crippen LogP contribution is -1.85. The molecule has 1 aliphatic rings. The molecule has 1 fully saturated rings. The number of hydrogen-bond acceptors (Lipinski definition) is 0. The highest BCUT2D eigenvalue weighted by molar-refractivity contribution is 4.51. The van der Waals surface area contributed by atoms with Crippen LogP contribution in [0.5, 0.6) is 0 Å². The van der Waals surface area contributed by atoms with Crippen molar-refractivity contribution in [1.29, 1.82) is 0 Å². The van der Waals surface area contributed by atoms with Crippen LogP contribution in [0, 0.1) is 0 Å². The maximum atomic E-state index is 7.39. The molecule has 0 aromatic rings. The first-order valence-corrected chi connectivity index (χ1v) is 1.50. The summed E-state index contributed by atoms with van der Waals surface area (Å²) < 4.78 is 88.7. The second kappa shape index (κ2) is 2.22. The summed E-state index contributed by atoms with van der Waals surface area (Å²) >= 11 is 0. The fourth-order valence-electron chi connectivity index (χ4n) is 0.188. The van der Waals surface area contributed by atoms with Crippen LogP contribution in [0.2, 0.25) is 0 Å². The van der Waals surface area contributed by atoms with E-state index >= 15 is 0 Å². The average molecular weight is 97.2 g/mol. The monoisotopic (exact) mass is 97.2 g/mol. The largest absolute Gasteiger partial charge is 0.0533 e. The van der Waals surface area contributed by atoms with E-state index in [0.29, 0.717) is 0 Å². The Kier molecular flexibility index (Phi) is 0.171. The van der Waals surface area contributed by atoms with Gasteiger partial charge in [0.25, 0.3) is 0 Å². The molecule has 0 saturated heterocycles. The molecule has 36 valence electrons. The zero-order chi connectivity index (χ0) is 15.0. The Balaban J connectivity index is 3.72. The quantitative estimate of drug-likeness (QED) is 0.435. The second-order valence-corrected chi connectivity index (χ2v) is 0.750. The van der Waals surface area contributed by atoms with E-state index in [2.05, 4.69) is 0 Å². The lowest BCUT2D eigenvalue weighted by atomic mass is 10.0. The normalized spacial score (nSPS) is 104. The summed E-state index contributed by atoms with van der Waals surface area (Å²) in [6.07, 6.45) is -21.2. The van der Waals surface area contributed by atoms with E-state index in [1.165, 1.54) is 0 Å². The molecule has 0 nitrogen and oxygen atoms in total. The van der Waals surface area contributed by atoms with Gasteiger partial charge in [0.2, 0.25) is 0 Å². The van der Waals surface area contributed by atoms with Crippen molar-refractivity contribution in [3.05, 3.63) is 0 Å². The van der Waals surface area contributed by atoms with Crippen molar-refractivity contribution in [3.8, 4) is 0 Å². The first kappa shape index (κ1) is 0.463. The molecule has 0 unspecified atom stereocenters. The highest BCUT2D eigenvalue weighted by Gasteiger charge is 1.95. The van der Waals surface area contributed by atoms with E-state index in [4.69, 9.17) is 16.4 Å². The Morgan fingerprint density at radius 2 is 1.67 bits per heavy atom. The molecule has 0 aliphatic heterocycles. The topological polar surface area (TPSA) is 0 Å². The van der Waals surface area contributed by atoms with Crippen LogP contribution in [0.15, 0.2) is 0 Å². The van der Waals surface area contributed by atoms with Crippen molar-refractivity contribution < 1.29 is 16.4 Å². The van der Waals surface area contributed by atoms with Gasteiger partial charge in [-0.2, -0.15) is 0 Å². The third-order valence-corrected chi connectivity index (χ3v) is 0.375. The molecule has 0 aromatic heterocycles. The van der Waals surface area contributed by atoms with Gasteiger partial charge in [0.05, 0.1) is 0 Å². The van der Waals surface area contributed by atoms with Gasteiger partial charge in [-0.1, -0.05) is 38.2 Å². The van der Waals surface area contributed by atoms with E-state index in [-0.39, 0.29) is 0 Å². The molecular weight excluding hydrogens is 72.1 g/mol. The van der Waals surface area contributed by atoms with Gasteiger partial charge in [-0.3, -0.25) is 0 Å². The van der Waals surface area contributed by atoms with Gasteiger partial charge >= 0.3 is 0 Å². The summed E-state index contributed by atoms with van der Waals surface area (Å²) in [5, 5.41) is 0. The van der Waals surface area contributed by atoms with E-state index in [1.54, 1.807) is 0 Å². The Bertz CT molecular complexity index is 248. The first-order chi connectivity index (χ1) is 7.50. The van der Waals surface area contributed by atoms with Crippen LogP contribution in [0.3, 0.4) is 0 Å². The molecule has 0 bridgehead atoms. The Labute approximate surface area is 56.4 Å². The zero-order valence-electron chi connectivity index (χ0n) is 15.0. The number of rotatable bonds is 0. The van der Waals surface area contributed by atoms with Crippen molar-refractivity contribution in [3.63, 3.8) is 0 Å². The standard InChI is InChI=1S/C6H12/c1-2-4-6-5-3-1/h1-6H2/i1D2,2D2,3D2,4D2,5D2,6TD. The zero-order valence-corrected chi connectivity index (χ0v) is 3.00. The van der Waals surface area contributed by atoms with Crippen molar-refractivity contribution >= 4 is 0 Å². The van der Waals surface area contributed by atoms with Crippen LogP contribution >= 0.6 is 0 Å². The van der Waals surface area contributed by atoms with Gasteiger partial charge in [-0.15, -0.1) is 0 Å². The predicted octanol–water partition coefficient (Wildman–Crippen LogP) is 2.34. The molecule has 0 atom stereocenters. The van der Waals surface area contributed by atoms with Crippen molar-refractivity contribution in [2.75, 3.05) is 0 Å². The lowest BCUT2D eigenvalue weighted by Gasteiger charge is -2.05. The molecule has 0 heteroatoms. The average Bonchev–Trinajstić information content (AvgIpc) is 2.14. The maximum Gasteiger partial charge on any atom is 0.0267 e. The first-order valence-electron chi connectivity index (χ1n) is 7.50. The Morgan fingerprint density at radius 1 is 1.17 bits per heavy atom. The summed E-state index contributed by atoms with van der Waals surface area (Å²) in [6.45, 7) is 0. The smallest absolute Gasteiger partial charge is 0.0267 e. The molecule has 0 aromatic carbocycles. The van der Waals surface area contributed by atoms with Gasteiger partial charge in [0, 0.05) is 16.4 Å². The second-order valence-electron chi connectivity index (χ2n) is 0.750. The number of hydrogen-bond donors (Lipinski definition) is 0. The van der Waals surface area contributed by atoms with Crippen LogP contribution in [-0.4, -0.2) is 0 Å². The summed E-state index contributed by atoms with van der Waals surface area (Å²) in [5.74, 6) is 0. The summed E-state index contributed by atoms with van der Waals surface area (Å²) in [6, 6.07) is 0. The predicted molar refractivity (Wildman–Crippen MR) is 27.7 cm³/mol. The molecule has 6 heavy (non-hydrogen) atoms. The molecule has 0 radical (unpaired) electrons. The molecular formula is C6H12. The van der Waals surface area contributed by atoms with Gasteiger partial charge in [0.1, 0.15) is 0 Å². The van der Waals surface area contributed by atoms with Crippen molar-refractivity contribution in [1.82, 2.24) is 0 Å². The van der Waals surface area contributed by atoms with Crippen LogP contribution in [0.4, 0.5) is 0 Å². The maximum absolute atomic E-state index is 7.39.